The number of nitrogens with one attached hydrogen (secondary N) is 2. The molecule has 4 heteroatoms. The third kappa shape index (κ3) is 4.08. The maximum Gasteiger partial charge on any atom is 0.0623 e. The fourth-order valence-corrected chi connectivity index (χ4v) is 5.06. The van der Waals surface area contributed by atoms with Crippen LogP contribution in [0, 0.1) is 5.92 Å². The maximum atomic E-state index is 5.71. The molecule has 1 aromatic rings. The summed E-state index contributed by atoms with van der Waals surface area (Å²) in [4.78, 5) is 2.64. The zero-order chi connectivity index (χ0) is 17.1. The molecule has 0 radical (unpaired) electrons. The first-order chi connectivity index (χ1) is 12.3. The Labute approximate surface area is 152 Å². The van der Waals surface area contributed by atoms with Crippen LogP contribution in [0.15, 0.2) is 30.3 Å². The highest BCUT2D eigenvalue weighted by Gasteiger charge is 2.37. The Morgan fingerprint density at radius 1 is 1.20 bits per heavy atom. The van der Waals surface area contributed by atoms with Crippen molar-refractivity contribution in [2.45, 2.75) is 56.8 Å². The molecule has 3 fully saturated rings. The van der Waals surface area contributed by atoms with Gasteiger partial charge in [0.05, 0.1) is 13.2 Å². The molecule has 0 amide bonds. The van der Waals surface area contributed by atoms with Crippen LogP contribution >= 0.6 is 0 Å². The zero-order valence-electron chi connectivity index (χ0n) is 15.5. The van der Waals surface area contributed by atoms with Crippen molar-refractivity contribution in [3.8, 4) is 0 Å². The van der Waals surface area contributed by atoms with Crippen LogP contribution in [0.1, 0.15) is 44.2 Å². The van der Waals surface area contributed by atoms with Gasteiger partial charge in [-0.2, -0.15) is 0 Å². The zero-order valence-corrected chi connectivity index (χ0v) is 15.5. The van der Waals surface area contributed by atoms with Crippen molar-refractivity contribution in [3.05, 3.63) is 35.9 Å². The van der Waals surface area contributed by atoms with Gasteiger partial charge < -0.3 is 15.4 Å². The van der Waals surface area contributed by atoms with E-state index in [0.717, 1.165) is 25.7 Å². The third-order valence-corrected chi connectivity index (χ3v) is 6.54. The standard InChI is InChI=1S/C21H33N3O/c1-16(17-6-3-2-4-7-17)24-12-10-18(14-24)23-20-9-5-8-19(20)21-15-25-13-11-22-21/h2-4,6-7,16,18-23H,5,8-15H2,1H3. The molecule has 5 atom stereocenters. The average molecular weight is 344 g/mol. The highest BCUT2D eigenvalue weighted by molar-refractivity contribution is 5.18. The fourth-order valence-electron chi connectivity index (χ4n) is 5.06. The van der Waals surface area contributed by atoms with E-state index in [1.54, 1.807) is 0 Å². The molecule has 5 unspecified atom stereocenters. The monoisotopic (exact) mass is 343 g/mol. The van der Waals surface area contributed by atoms with E-state index < -0.39 is 0 Å². The van der Waals surface area contributed by atoms with Crippen LogP contribution in [0.4, 0.5) is 0 Å². The van der Waals surface area contributed by atoms with Gasteiger partial charge in [-0.15, -0.1) is 0 Å². The molecule has 3 aliphatic rings. The second-order valence-electron chi connectivity index (χ2n) is 8.07. The van der Waals surface area contributed by atoms with Crippen LogP contribution in [0.5, 0.6) is 0 Å². The van der Waals surface area contributed by atoms with Gasteiger partial charge in [0.1, 0.15) is 0 Å². The Morgan fingerprint density at radius 2 is 2.08 bits per heavy atom. The first-order valence-electron chi connectivity index (χ1n) is 10.2. The largest absolute Gasteiger partial charge is 0.379 e. The van der Waals surface area contributed by atoms with Gasteiger partial charge in [-0.3, -0.25) is 4.90 Å². The third-order valence-electron chi connectivity index (χ3n) is 6.54. The van der Waals surface area contributed by atoms with E-state index in [9.17, 15) is 0 Å². The lowest BCUT2D eigenvalue weighted by Gasteiger charge is -2.34. The molecule has 4 rings (SSSR count). The van der Waals surface area contributed by atoms with Crippen molar-refractivity contribution in [3.63, 3.8) is 0 Å². The summed E-state index contributed by atoms with van der Waals surface area (Å²) in [5, 5.41) is 7.71. The number of hydrogen-bond acceptors (Lipinski definition) is 4. The van der Waals surface area contributed by atoms with E-state index in [0.29, 0.717) is 24.2 Å². The molecule has 4 nitrogen and oxygen atoms in total. The Balaban J connectivity index is 1.31. The Hall–Kier alpha value is -0.940. The minimum absolute atomic E-state index is 0.515. The molecule has 0 spiro atoms. The fraction of sp³-hybridized carbons (Fsp3) is 0.714. The number of rotatable bonds is 5. The van der Waals surface area contributed by atoms with Crippen molar-refractivity contribution >= 4 is 0 Å². The van der Waals surface area contributed by atoms with Gasteiger partial charge in [0.2, 0.25) is 0 Å². The summed E-state index contributed by atoms with van der Waals surface area (Å²) >= 11 is 0. The van der Waals surface area contributed by atoms with Crippen molar-refractivity contribution in [2.24, 2.45) is 5.92 Å². The summed E-state index contributed by atoms with van der Waals surface area (Å²) < 4.78 is 5.71. The van der Waals surface area contributed by atoms with Gasteiger partial charge >= 0.3 is 0 Å². The molecular formula is C21H33N3O. The maximum absolute atomic E-state index is 5.71. The molecular weight excluding hydrogens is 310 g/mol. The first kappa shape index (κ1) is 17.5. The molecule has 0 bridgehead atoms. The van der Waals surface area contributed by atoms with Crippen LogP contribution in [0.3, 0.4) is 0 Å². The topological polar surface area (TPSA) is 36.5 Å². The summed E-state index contributed by atoms with van der Waals surface area (Å²) in [6.07, 6.45) is 5.30. The number of nitrogens with zero attached hydrogens (tertiary/aromatic N) is 1. The SMILES string of the molecule is CC(c1ccccc1)N1CCC(NC2CCCC2C2COCCN2)C1. The van der Waals surface area contributed by atoms with E-state index in [2.05, 4.69) is 52.8 Å². The normalized spacial score (nSPS) is 35.1. The minimum Gasteiger partial charge on any atom is -0.379 e. The first-order valence-corrected chi connectivity index (χ1v) is 10.2. The van der Waals surface area contributed by atoms with Crippen LogP contribution in [-0.2, 0) is 4.74 Å². The van der Waals surface area contributed by atoms with Crippen molar-refractivity contribution in [1.29, 1.82) is 0 Å². The lowest BCUT2D eigenvalue weighted by molar-refractivity contribution is 0.0517. The highest BCUT2D eigenvalue weighted by atomic mass is 16.5. The van der Waals surface area contributed by atoms with Gasteiger partial charge in [-0.25, -0.2) is 0 Å². The molecule has 1 saturated carbocycles. The predicted molar refractivity (Wildman–Crippen MR) is 102 cm³/mol. The second kappa shape index (κ2) is 8.17. The Bertz CT molecular complexity index is 531. The van der Waals surface area contributed by atoms with E-state index in [1.807, 2.05) is 0 Å². The summed E-state index contributed by atoms with van der Waals surface area (Å²) in [7, 11) is 0. The summed E-state index contributed by atoms with van der Waals surface area (Å²) in [5.74, 6) is 0.737. The predicted octanol–water partition coefficient (Wildman–Crippen LogP) is 2.57. The summed E-state index contributed by atoms with van der Waals surface area (Å²) in [6.45, 7) is 7.50. The molecule has 2 aliphatic heterocycles. The molecule has 1 aromatic carbocycles. The van der Waals surface area contributed by atoms with E-state index in [1.165, 1.54) is 44.3 Å². The smallest absolute Gasteiger partial charge is 0.0623 e. The highest BCUT2D eigenvalue weighted by Crippen LogP contribution is 2.31. The van der Waals surface area contributed by atoms with Crippen molar-refractivity contribution in [1.82, 2.24) is 15.5 Å². The lowest BCUT2D eigenvalue weighted by Crippen LogP contribution is -2.52. The number of morpholine rings is 1. The number of benzene rings is 1. The molecule has 0 aromatic heterocycles. The van der Waals surface area contributed by atoms with Crippen LogP contribution in [-0.4, -0.2) is 55.9 Å². The van der Waals surface area contributed by atoms with Gasteiger partial charge in [0.25, 0.3) is 0 Å². The Morgan fingerprint density at radius 3 is 2.88 bits per heavy atom. The second-order valence-corrected chi connectivity index (χ2v) is 8.07. The molecule has 2 N–H and O–H groups in total. The minimum atomic E-state index is 0.515. The number of hydrogen-bond donors (Lipinski definition) is 2. The van der Waals surface area contributed by atoms with Gasteiger partial charge in [-0.1, -0.05) is 36.8 Å². The molecule has 25 heavy (non-hydrogen) atoms. The molecule has 1 aliphatic carbocycles. The summed E-state index contributed by atoms with van der Waals surface area (Å²) in [5.41, 5.74) is 1.44. The molecule has 138 valence electrons. The van der Waals surface area contributed by atoms with Gasteiger partial charge in [0.15, 0.2) is 0 Å². The van der Waals surface area contributed by atoms with Crippen LogP contribution < -0.4 is 10.6 Å². The van der Waals surface area contributed by atoms with E-state index in [-0.39, 0.29) is 0 Å². The average Bonchev–Trinajstić information content (AvgIpc) is 3.33. The van der Waals surface area contributed by atoms with Crippen molar-refractivity contribution in [2.75, 3.05) is 32.8 Å². The number of ether oxygens (including phenoxy) is 1. The Kier molecular flexibility index (Phi) is 5.71. The quantitative estimate of drug-likeness (QED) is 0.862. The molecule has 2 heterocycles. The molecule has 2 saturated heterocycles. The van der Waals surface area contributed by atoms with Crippen LogP contribution in [0.2, 0.25) is 0 Å². The van der Waals surface area contributed by atoms with E-state index >= 15 is 0 Å². The van der Waals surface area contributed by atoms with Crippen molar-refractivity contribution < 1.29 is 4.74 Å². The number of likely N-dealkylation sites (tertiary alicyclic amines) is 1. The van der Waals surface area contributed by atoms with Gasteiger partial charge in [0, 0.05) is 43.8 Å². The van der Waals surface area contributed by atoms with E-state index in [4.69, 9.17) is 4.74 Å². The van der Waals surface area contributed by atoms with Crippen LogP contribution in [0.25, 0.3) is 0 Å². The lowest BCUT2D eigenvalue weighted by atomic mass is 9.93. The summed E-state index contributed by atoms with van der Waals surface area (Å²) in [6, 6.07) is 13.3. The van der Waals surface area contributed by atoms with Gasteiger partial charge in [-0.05, 0) is 37.7 Å².